The highest BCUT2D eigenvalue weighted by molar-refractivity contribution is 5.80. The van der Waals surface area contributed by atoms with Crippen LogP contribution in [-0.2, 0) is 0 Å². The number of benzene rings is 1. The predicted molar refractivity (Wildman–Crippen MR) is 79.1 cm³/mol. The lowest BCUT2D eigenvalue weighted by Gasteiger charge is -2.22. The Bertz CT molecular complexity index is 556. The fourth-order valence-corrected chi connectivity index (χ4v) is 2.10. The minimum Gasteiger partial charge on any atom is -0.399 e. The van der Waals surface area contributed by atoms with E-state index in [9.17, 15) is 5.11 Å². The summed E-state index contributed by atoms with van der Waals surface area (Å²) in [6.07, 6.45) is 0.353. The number of aliphatic hydroxyl groups excluding tert-OH is 1. The SMILES string of the molecule is CC(C)(C)CC(O)CNc1nc2ccc(N)cc2[nH]1. The molecule has 1 aromatic carbocycles. The summed E-state index contributed by atoms with van der Waals surface area (Å²) < 4.78 is 0. The van der Waals surface area contributed by atoms with E-state index in [2.05, 4.69) is 36.1 Å². The van der Waals surface area contributed by atoms with E-state index in [4.69, 9.17) is 5.73 Å². The minimum absolute atomic E-state index is 0.115. The highest BCUT2D eigenvalue weighted by atomic mass is 16.3. The van der Waals surface area contributed by atoms with Crippen molar-refractivity contribution >= 4 is 22.7 Å². The van der Waals surface area contributed by atoms with Gasteiger partial charge < -0.3 is 21.1 Å². The van der Waals surface area contributed by atoms with Gasteiger partial charge in [0, 0.05) is 12.2 Å². The summed E-state index contributed by atoms with van der Waals surface area (Å²) in [7, 11) is 0. The zero-order valence-electron chi connectivity index (χ0n) is 11.7. The lowest BCUT2D eigenvalue weighted by molar-refractivity contribution is 0.132. The van der Waals surface area contributed by atoms with Gasteiger partial charge in [0.1, 0.15) is 0 Å². The summed E-state index contributed by atoms with van der Waals surface area (Å²) in [6.45, 7) is 6.81. The maximum Gasteiger partial charge on any atom is 0.201 e. The molecule has 2 rings (SSSR count). The number of nitrogen functional groups attached to an aromatic ring is 1. The number of nitrogens with zero attached hydrogens (tertiary/aromatic N) is 1. The van der Waals surface area contributed by atoms with E-state index >= 15 is 0 Å². The monoisotopic (exact) mass is 262 g/mol. The van der Waals surface area contributed by atoms with Crippen molar-refractivity contribution in [1.82, 2.24) is 9.97 Å². The van der Waals surface area contributed by atoms with Gasteiger partial charge in [0.25, 0.3) is 0 Å². The number of aromatic amines is 1. The number of anilines is 2. The fourth-order valence-electron chi connectivity index (χ4n) is 2.10. The fraction of sp³-hybridized carbons (Fsp3) is 0.500. The van der Waals surface area contributed by atoms with Crippen LogP contribution in [-0.4, -0.2) is 27.7 Å². The zero-order valence-corrected chi connectivity index (χ0v) is 11.7. The number of aromatic nitrogens is 2. The van der Waals surface area contributed by atoms with Crippen LogP contribution in [0.4, 0.5) is 11.6 Å². The third-order valence-corrected chi connectivity index (χ3v) is 2.86. The molecular weight excluding hydrogens is 240 g/mol. The molecule has 0 amide bonds. The number of aliphatic hydroxyl groups is 1. The molecule has 5 heteroatoms. The van der Waals surface area contributed by atoms with Crippen LogP contribution in [0.5, 0.6) is 0 Å². The van der Waals surface area contributed by atoms with E-state index in [1.165, 1.54) is 0 Å². The van der Waals surface area contributed by atoms with Crippen molar-refractivity contribution < 1.29 is 5.11 Å². The second-order valence-electron chi connectivity index (χ2n) is 6.16. The van der Waals surface area contributed by atoms with Crippen LogP contribution >= 0.6 is 0 Å². The molecule has 0 saturated heterocycles. The average Bonchev–Trinajstić information content (AvgIpc) is 2.66. The molecular formula is C14H22N4O. The van der Waals surface area contributed by atoms with E-state index < -0.39 is 6.10 Å². The summed E-state index contributed by atoms with van der Waals surface area (Å²) in [5, 5.41) is 13.1. The topological polar surface area (TPSA) is 87.0 Å². The van der Waals surface area contributed by atoms with Crippen LogP contribution < -0.4 is 11.1 Å². The Morgan fingerprint density at radius 2 is 2.16 bits per heavy atom. The van der Waals surface area contributed by atoms with Crippen molar-refractivity contribution in [1.29, 1.82) is 0 Å². The van der Waals surface area contributed by atoms with Gasteiger partial charge in [-0.1, -0.05) is 20.8 Å². The van der Waals surface area contributed by atoms with Crippen molar-refractivity contribution in [3.05, 3.63) is 18.2 Å². The predicted octanol–water partition coefficient (Wildman–Crippen LogP) is 2.35. The molecule has 0 radical (unpaired) electrons. The summed E-state index contributed by atoms with van der Waals surface area (Å²) in [5.41, 5.74) is 8.29. The van der Waals surface area contributed by atoms with Crippen molar-refractivity contribution in [3.63, 3.8) is 0 Å². The maximum atomic E-state index is 9.94. The number of H-pyrrole nitrogens is 1. The number of nitrogens with one attached hydrogen (secondary N) is 2. The first kappa shape index (κ1) is 13.7. The standard InChI is InChI=1S/C14H22N4O/c1-14(2,3)7-10(19)8-16-13-17-11-5-4-9(15)6-12(11)18-13/h4-6,10,19H,7-8,15H2,1-3H3,(H2,16,17,18). The lowest BCUT2D eigenvalue weighted by atomic mass is 9.89. The summed E-state index contributed by atoms with van der Waals surface area (Å²) >= 11 is 0. The second-order valence-corrected chi connectivity index (χ2v) is 6.16. The van der Waals surface area contributed by atoms with Gasteiger partial charge in [0.05, 0.1) is 17.1 Å². The molecule has 5 N–H and O–H groups in total. The lowest BCUT2D eigenvalue weighted by Crippen LogP contribution is -2.25. The molecule has 104 valence electrons. The molecule has 1 unspecified atom stereocenters. The van der Waals surface area contributed by atoms with E-state index in [0.717, 1.165) is 17.5 Å². The Hall–Kier alpha value is -1.75. The number of fused-ring (bicyclic) bond motifs is 1. The third kappa shape index (κ3) is 3.86. The number of nitrogens with two attached hydrogens (primary N) is 1. The number of rotatable bonds is 4. The Balaban J connectivity index is 1.98. The van der Waals surface area contributed by atoms with Gasteiger partial charge >= 0.3 is 0 Å². The Kier molecular flexibility index (Phi) is 3.66. The molecule has 19 heavy (non-hydrogen) atoms. The van der Waals surface area contributed by atoms with Gasteiger partial charge in [-0.3, -0.25) is 0 Å². The summed E-state index contributed by atoms with van der Waals surface area (Å²) in [4.78, 5) is 7.53. The molecule has 1 atom stereocenters. The van der Waals surface area contributed by atoms with Crippen LogP contribution in [0, 0.1) is 5.41 Å². The molecule has 0 fully saturated rings. The molecule has 0 aliphatic rings. The molecule has 2 aromatic rings. The van der Waals surface area contributed by atoms with Crippen LogP contribution in [0.1, 0.15) is 27.2 Å². The normalized spacial score (nSPS) is 13.7. The highest BCUT2D eigenvalue weighted by Crippen LogP contribution is 2.21. The number of hydrogen-bond donors (Lipinski definition) is 4. The van der Waals surface area contributed by atoms with Gasteiger partial charge in [-0.25, -0.2) is 4.98 Å². The first-order valence-corrected chi connectivity index (χ1v) is 6.51. The number of imidazole rings is 1. The smallest absolute Gasteiger partial charge is 0.201 e. The molecule has 1 aromatic heterocycles. The molecule has 1 heterocycles. The van der Waals surface area contributed by atoms with Gasteiger partial charge in [0.2, 0.25) is 5.95 Å². The van der Waals surface area contributed by atoms with E-state index in [-0.39, 0.29) is 5.41 Å². The first-order chi connectivity index (χ1) is 8.83. The van der Waals surface area contributed by atoms with Crippen molar-refractivity contribution in [2.75, 3.05) is 17.6 Å². The Morgan fingerprint density at radius 3 is 2.84 bits per heavy atom. The van der Waals surface area contributed by atoms with Crippen LogP contribution in [0.15, 0.2) is 18.2 Å². The van der Waals surface area contributed by atoms with E-state index in [1.54, 1.807) is 0 Å². The molecule has 0 aliphatic heterocycles. The van der Waals surface area contributed by atoms with Gasteiger partial charge in [-0.15, -0.1) is 0 Å². The average molecular weight is 262 g/mol. The molecule has 0 aliphatic carbocycles. The molecule has 0 bridgehead atoms. The Labute approximate surface area is 113 Å². The van der Waals surface area contributed by atoms with Crippen molar-refractivity contribution in [3.8, 4) is 0 Å². The van der Waals surface area contributed by atoms with Gasteiger partial charge in [0.15, 0.2) is 0 Å². The molecule has 5 nitrogen and oxygen atoms in total. The summed E-state index contributed by atoms with van der Waals surface area (Å²) in [5.74, 6) is 0.661. The number of hydrogen-bond acceptors (Lipinski definition) is 4. The van der Waals surface area contributed by atoms with E-state index in [0.29, 0.717) is 18.2 Å². The molecule has 0 spiro atoms. The maximum absolute atomic E-state index is 9.94. The van der Waals surface area contributed by atoms with Crippen molar-refractivity contribution in [2.45, 2.75) is 33.3 Å². The van der Waals surface area contributed by atoms with Crippen LogP contribution in [0.3, 0.4) is 0 Å². The van der Waals surface area contributed by atoms with Crippen LogP contribution in [0.25, 0.3) is 11.0 Å². The van der Waals surface area contributed by atoms with Crippen molar-refractivity contribution in [2.24, 2.45) is 5.41 Å². The summed E-state index contributed by atoms with van der Waals surface area (Å²) in [6, 6.07) is 5.54. The quantitative estimate of drug-likeness (QED) is 0.637. The second kappa shape index (κ2) is 5.09. The largest absolute Gasteiger partial charge is 0.399 e. The Morgan fingerprint density at radius 1 is 1.42 bits per heavy atom. The third-order valence-electron chi connectivity index (χ3n) is 2.86. The van der Waals surface area contributed by atoms with E-state index in [1.807, 2.05) is 18.2 Å². The molecule has 0 saturated carbocycles. The highest BCUT2D eigenvalue weighted by Gasteiger charge is 2.16. The minimum atomic E-state index is -0.390. The van der Waals surface area contributed by atoms with Gasteiger partial charge in [-0.2, -0.15) is 0 Å². The first-order valence-electron chi connectivity index (χ1n) is 6.51. The van der Waals surface area contributed by atoms with Gasteiger partial charge in [-0.05, 0) is 30.0 Å². The zero-order chi connectivity index (χ0) is 14.0. The van der Waals surface area contributed by atoms with Crippen LogP contribution in [0.2, 0.25) is 0 Å².